The van der Waals surface area contributed by atoms with Crippen LogP contribution in [0.4, 0.5) is 0 Å². The van der Waals surface area contributed by atoms with Crippen LogP contribution in [0.1, 0.15) is 27.2 Å². The Hall–Kier alpha value is -0.610. The Bertz CT molecular complexity index is 147. The molecule has 1 N–H and O–H groups in total. The highest BCUT2D eigenvalue weighted by molar-refractivity contribution is 5.77. The third-order valence-electron chi connectivity index (χ3n) is 1.68. The molecule has 12 heavy (non-hydrogen) atoms. The summed E-state index contributed by atoms with van der Waals surface area (Å²) in [6.07, 6.45) is 0.798. The molecule has 0 heterocycles. The molecule has 0 aromatic rings. The lowest BCUT2D eigenvalue weighted by Gasteiger charge is -2.17. The highest BCUT2D eigenvalue weighted by Crippen LogP contribution is 2.12. The first kappa shape index (κ1) is 11.4. The third-order valence-corrected chi connectivity index (χ3v) is 1.68. The molecule has 0 rings (SSSR count). The van der Waals surface area contributed by atoms with E-state index >= 15 is 0 Å². The van der Waals surface area contributed by atoms with E-state index in [-0.39, 0.29) is 11.8 Å². The van der Waals surface area contributed by atoms with E-state index in [0.29, 0.717) is 5.92 Å². The van der Waals surface area contributed by atoms with Gasteiger partial charge < -0.3 is 0 Å². The Labute approximate surface area is 73.0 Å². The number of carbonyl (C=O) groups is 1. The molecule has 0 spiro atoms. The molecular weight excluding hydrogens is 158 g/mol. The summed E-state index contributed by atoms with van der Waals surface area (Å²) in [5, 5.41) is 9.03. The van der Waals surface area contributed by atoms with Crippen LogP contribution in [0.2, 0.25) is 0 Å². The summed E-state index contributed by atoms with van der Waals surface area (Å²) in [5.74, 6) is 0.157. The molecule has 0 aliphatic rings. The summed E-state index contributed by atoms with van der Waals surface area (Å²) in [6, 6.07) is 0. The summed E-state index contributed by atoms with van der Waals surface area (Å²) >= 11 is 0. The molecule has 0 aliphatic heterocycles. The van der Waals surface area contributed by atoms with Gasteiger partial charge in [-0.25, -0.2) is 5.26 Å². The zero-order chi connectivity index (χ0) is 9.72. The Morgan fingerprint density at radius 1 is 1.50 bits per heavy atom. The Kier molecular flexibility index (Phi) is 4.85. The van der Waals surface area contributed by atoms with Gasteiger partial charge in [-0.1, -0.05) is 20.8 Å². The minimum Gasteiger partial charge on any atom is -0.272 e. The van der Waals surface area contributed by atoms with E-state index in [1.54, 1.807) is 0 Å². The Morgan fingerprint density at radius 3 is 2.33 bits per heavy atom. The highest BCUT2D eigenvalue weighted by atomic mass is 17.2. The monoisotopic (exact) mass is 175 g/mol. The zero-order valence-electron chi connectivity index (χ0n) is 8.07. The van der Waals surface area contributed by atoms with Crippen LogP contribution in [0, 0.1) is 11.8 Å². The second-order valence-electron chi connectivity index (χ2n) is 3.45. The molecule has 0 aromatic heterocycles. The SMILES string of the molecule is CC(C)C[C@H](C)C(=O)N(C)OO. The summed E-state index contributed by atoms with van der Waals surface area (Å²) in [4.78, 5) is 15.0. The van der Waals surface area contributed by atoms with Crippen molar-refractivity contribution in [2.24, 2.45) is 11.8 Å². The van der Waals surface area contributed by atoms with Gasteiger partial charge in [0.1, 0.15) is 0 Å². The molecule has 0 fully saturated rings. The van der Waals surface area contributed by atoms with Gasteiger partial charge in [0.05, 0.1) is 0 Å². The van der Waals surface area contributed by atoms with Gasteiger partial charge in [0.15, 0.2) is 0 Å². The maximum absolute atomic E-state index is 11.3. The molecule has 0 aromatic carbocycles. The van der Waals surface area contributed by atoms with Crippen LogP contribution >= 0.6 is 0 Å². The molecule has 0 saturated carbocycles. The van der Waals surface area contributed by atoms with Crippen LogP contribution < -0.4 is 0 Å². The lowest BCUT2D eigenvalue weighted by atomic mass is 9.98. The van der Waals surface area contributed by atoms with Gasteiger partial charge in [0.2, 0.25) is 0 Å². The first-order valence-electron chi connectivity index (χ1n) is 4.08. The average Bonchev–Trinajstić information content (AvgIpc) is 2.00. The van der Waals surface area contributed by atoms with Crippen LogP contribution in [0.3, 0.4) is 0 Å². The first-order chi connectivity index (χ1) is 5.49. The summed E-state index contributed by atoms with van der Waals surface area (Å²) in [7, 11) is 1.39. The number of nitrogens with zero attached hydrogens (tertiary/aromatic N) is 1. The van der Waals surface area contributed by atoms with Crippen LogP contribution in [-0.2, 0) is 9.78 Å². The minimum atomic E-state index is -0.203. The van der Waals surface area contributed by atoms with Gasteiger partial charge in [-0.2, -0.15) is 5.06 Å². The molecule has 0 saturated heterocycles. The van der Waals surface area contributed by atoms with Crippen molar-refractivity contribution in [1.82, 2.24) is 5.06 Å². The van der Waals surface area contributed by atoms with Crippen molar-refractivity contribution in [3.8, 4) is 0 Å². The van der Waals surface area contributed by atoms with Crippen LogP contribution in [0.25, 0.3) is 0 Å². The van der Waals surface area contributed by atoms with E-state index in [9.17, 15) is 4.79 Å². The van der Waals surface area contributed by atoms with Crippen LogP contribution in [-0.4, -0.2) is 23.3 Å². The molecule has 4 nitrogen and oxygen atoms in total. The second-order valence-corrected chi connectivity index (χ2v) is 3.45. The molecule has 0 bridgehead atoms. The topological polar surface area (TPSA) is 49.8 Å². The van der Waals surface area contributed by atoms with Gasteiger partial charge in [0, 0.05) is 13.0 Å². The summed E-state index contributed by atoms with van der Waals surface area (Å²) < 4.78 is 0. The van der Waals surface area contributed by atoms with Gasteiger partial charge >= 0.3 is 0 Å². The van der Waals surface area contributed by atoms with E-state index in [0.717, 1.165) is 11.5 Å². The Morgan fingerprint density at radius 2 is 2.00 bits per heavy atom. The first-order valence-corrected chi connectivity index (χ1v) is 4.08. The van der Waals surface area contributed by atoms with Crippen molar-refractivity contribution in [1.29, 1.82) is 0 Å². The molecule has 4 heteroatoms. The van der Waals surface area contributed by atoms with E-state index in [1.165, 1.54) is 7.05 Å². The van der Waals surface area contributed by atoms with E-state index < -0.39 is 0 Å². The van der Waals surface area contributed by atoms with Gasteiger partial charge in [0.25, 0.3) is 5.91 Å². The van der Waals surface area contributed by atoms with Crippen LogP contribution in [0.15, 0.2) is 0 Å². The van der Waals surface area contributed by atoms with Crippen molar-refractivity contribution in [3.05, 3.63) is 0 Å². The van der Waals surface area contributed by atoms with E-state index in [2.05, 4.69) is 4.99 Å². The maximum atomic E-state index is 11.3. The summed E-state index contributed by atoms with van der Waals surface area (Å²) in [5.41, 5.74) is 0. The molecule has 72 valence electrons. The third kappa shape index (κ3) is 3.69. The fraction of sp³-hybridized carbons (Fsp3) is 0.875. The fourth-order valence-electron chi connectivity index (χ4n) is 1.16. The average molecular weight is 175 g/mol. The largest absolute Gasteiger partial charge is 0.272 e. The molecule has 0 aliphatic carbocycles. The predicted molar refractivity (Wildman–Crippen MR) is 45.1 cm³/mol. The number of rotatable bonds is 4. The number of hydrogen-bond donors (Lipinski definition) is 1. The lowest BCUT2D eigenvalue weighted by Crippen LogP contribution is -2.31. The van der Waals surface area contributed by atoms with Crippen molar-refractivity contribution >= 4 is 5.91 Å². The van der Waals surface area contributed by atoms with Crippen molar-refractivity contribution in [2.75, 3.05) is 7.05 Å². The molecule has 0 unspecified atom stereocenters. The van der Waals surface area contributed by atoms with E-state index in [1.807, 2.05) is 20.8 Å². The van der Waals surface area contributed by atoms with Gasteiger partial charge in [-0.15, -0.1) is 4.99 Å². The van der Waals surface area contributed by atoms with Crippen molar-refractivity contribution in [2.45, 2.75) is 27.2 Å². The quantitative estimate of drug-likeness (QED) is 0.520. The van der Waals surface area contributed by atoms with E-state index in [4.69, 9.17) is 5.26 Å². The lowest BCUT2D eigenvalue weighted by molar-refractivity contribution is -0.372. The second kappa shape index (κ2) is 5.11. The molecule has 1 atom stereocenters. The predicted octanol–water partition coefficient (Wildman–Crippen LogP) is 1.53. The van der Waals surface area contributed by atoms with Crippen molar-refractivity contribution < 1.29 is 15.0 Å². The standard InChI is InChI=1S/C8H17NO3/c1-6(2)5-7(3)8(10)9(4)12-11/h6-7,11H,5H2,1-4H3/t7-/m0/s1. The Balaban J connectivity index is 3.92. The smallest absolute Gasteiger partial charge is 0.251 e. The van der Waals surface area contributed by atoms with Crippen LogP contribution in [0.5, 0.6) is 0 Å². The molecule has 0 radical (unpaired) electrons. The van der Waals surface area contributed by atoms with Gasteiger partial charge in [-0.05, 0) is 12.3 Å². The van der Waals surface area contributed by atoms with Crippen molar-refractivity contribution in [3.63, 3.8) is 0 Å². The molecule has 1 amide bonds. The summed E-state index contributed by atoms with van der Waals surface area (Å²) in [6.45, 7) is 5.91. The number of hydrogen-bond acceptors (Lipinski definition) is 3. The fourth-order valence-corrected chi connectivity index (χ4v) is 1.16. The molecular formula is C8H17NO3. The number of hydroxylamine groups is 2. The minimum absolute atomic E-state index is 0.109. The zero-order valence-corrected chi connectivity index (χ0v) is 8.07. The normalized spacial score (nSPS) is 13.2. The van der Waals surface area contributed by atoms with Gasteiger partial charge in [-0.3, -0.25) is 4.79 Å². The number of amides is 1. The highest BCUT2D eigenvalue weighted by Gasteiger charge is 2.18. The maximum Gasteiger partial charge on any atom is 0.251 e. The number of carbonyl (C=O) groups excluding carboxylic acids is 1.